The van der Waals surface area contributed by atoms with E-state index in [2.05, 4.69) is 4.74 Å². The monoisotopic (exact) mass is 113 g/mol. The quantitative estimate of drug-likeness (QED) is 0.232. The van der Waals surface area contributed by atoms with Crippen LogP contribution in [0.3, 0.4) is 0 Å². The third-order valence-electron chi connectivity index (χ3n) is 0.304. The minimum absolute atomic E-state index is 0. The molecular formula is C3H8NNaO2. The molecule has 0 aromatic carbocycles. The summed E-state index contributed by atoms with van der Waals surface area (Å²) < 4.78 is 4.18. The van der Waals surface area contributed by atoms with E-state index in [1.165, 1.54) is 0 Å². The first-order valence-electron chi connectivity index (χ1n) is 1.67. The van der Waals surface area contributed by atoms with E-state index in [0.717, 1.165) is 0 Å². The Kier molecular flexibility index (Phi) is 14.4. The minimum atomic E-state index is 0. The maximum Gasteiger partial charge on any atom is 1.00 e. The number of hydrogen-bond acceptors (Lipinski definition) is 3. The van der Waals surface area contributed by atoms with Crippen molar-refractivity contribution in [1.82, 2.24) is 0 Å². The van der Waals surface area contributed by atoms with Crippen molar-refractivity contribution in [3.8, 4) is 0 Å². The Morgan fingerprint density at radius 3 is 2.57 bits per heavy atom. The van der Waals surface area contributed by atoms with Crippen LogP contribution in [0.5, 0.6) is 0 Å². The molecule has 0 bridgehead atoms. The molecule has 0 atom stereocenters. The molecule has 0 aliphatic heterocycles. The summed E-state index contributed by atoms with van der Waals surface area (Å²) in [4.78, 5) is 9.29. The molecule has 0 unspecified atom stereocenters. The van der Waals surface area contributed by atoms with Gasteiger partial charge < -0.3 is 11.9 Å². The molecular weight excluding hydrogens is 105 g/mol. The Morgan fingerprint density at radius 1 is 1.86 bits per heavy atom. The molecule has 0 saturated carbocycles. The molecule has 4 heteroatoms. The normalized spacial score (nSPS) is 6.43. The molecule has 0 aliphatic carbocycles. The summed E-state index contributed by atoms with van der Waals surface area (Å²) in [6.45, 7) is 1.11. The van der Waals surface area contributed by atoms with Crippen molar-refractivity contribution in [1.29, 1.82) is 0 Å². The summed E-state index contributed by atoms with van der Waals surface area (Å²) in [5.74, 6) is 0. The Morgan fingerprint density at radius 2 is 2.43 bits per heavy atom. The molecule has 0 radical (unpaired) electrons. The topological polar surface area (TPSA) is 52.3 Å². The molecule has 0 spiro atoms. The molecule has 0 fully saturated rings. The first kappa shape index (κ1) is 10.4. The molecule has 0 aromatic rings. The van der Waals surface area contributed by atoms with E-state index in [9.17, 15) is 4.79 Å². The number of rotatable bonds is 3. The summed E-state index contributed by atoms with van der Waals surface area (Å²) in [6.07, 6.45) is 0. The van der Waals surface area contributed by atoms with Crippen molar-refractivity contribution in [2.75, 3.05) is 13.2 Å². The van der Waals surface area contributed by atoms with Gasteiger partial charge in [-0.2, -0.15) is 0 Å². The maximum atomic E-state index is 9.29. The van der Waals surface area contributed by atoms with Crippen molar-refractivity contribution in [2.45, 2.75) is 0 Å². The largest absolute Gasteiger partial charge is 1.00 e. The van der Waals surface area contributed by atoms with Gasteiger partial charge in [0.2, 0.25) is 0 Å². The van der Waals surface area contributed by atoms with Gasteiger partial charge in [-0.05, 0) is 0 Å². The van der Waals surface area contributed by atoms with Crippen molar-refractivity contribution >= 4 is 6.47 Å². The fourth-order valence-corrected chi connectivity index (χ4v) is 0.116. The van der Waals surface area contributed by atoms with E-state index in [1.54, 1.807) is 0 Å². The van der Waals surface area contributed by atoms with Crippen LogP contribution in [0.15, 0.2) is 0 Å². The smallest absolute Gasteiger partial charge is 1.00 e. The second kappa shape index (κ2) is 9.66. The van der Waals surface area contributed by atoms with Crippen molar-refractivity contribution < 1.29 is 40.5 Å². The molecule has 0 heterocycles. The molecule has 3 nitrogen and oxygen atoms in total. The SMILES string of the molecule is NCCOC=O.[H-].[Na+]. The average Bonchev–Trinajstić information content (AvgIpc) is 1.61. The van der Waals surface area contributed by atoms with E-state index in [4.69, 9.17) is 5.73 Å². The Labute approximate surface area is 66.0 Å². The summed E-state index contributed by atoms with van der Waals surface area (Å²) in [5.41, 5.74) is 4.93. The van der Waals surface area contributed by atoms with Crippen LogP contribution in [0.25, 0.3) is 0 Å². The van der Waals surface area contributed by atoms with Gasteiger partial charge in [0.15, 0.2) is 0 Å². The van der Waals surface area contributed by atoms with Gasteiger partial charge in [0.1, 0.15) is 6.61 Å². The van der Waals surface area contributed by atoms with E-state index in [0.29, 0.717) is 19.6 Å². The van der Waals surface area contributed by atoms with E-state index >= 15 is 0 Å². The Bertz CT molecular complexity index is 46.3. The maximum absolute atomic E-state index is 9.29. The van der Waals surface area contributed by atoms with Gasteiger partial charge in [0, 0.05) is 6.54 Å². The van der Waals surface area contributed by atoms with Crippen molar-refractivity contribution in [3.05, 3.63) is 0 Å². The molecule has 38 valence electrons. The van der Waals surface area contributed by atoms with Crippen LogP contribution in [-0.4, -0.2) is 19.6 Å². The van der Waals surface area contributed by atoms with Gasteiger partial charge in [-0.25, -0.2) is 0 Å². The van der Waals surface area contributed by atoms with Crippen LogP contribution in [0, 0.1) is 0 Å². The van der Waals surface area contributed by atoms with Gasteiger partial charge in [-0.15, -0.1) is 0 Å². The van der Waals surface area contributed by atoms with E-state index in [1.807, 2.05) is 0 Å². The molecule has 0 saturated heterocycles. The van der Waals surface area contributed by atoms with Crippen LogP contribution in [0.1, 0.15) is 1.43 Å². The summed E-state index contributed by atoms with van der Waals surface area (Å²) in [5, 5.41) is 0. The second-order valence-corrected chi connectivity index (χ2v) is 0.756. The molecule has 0 rings (SSSR count). The van der Waals surface area contributed by atoms with Crippen molar-refractivity contribution in [2.24, 2.45) is 5.73 Å². The fraction of sp³-hybridized carbons (Fsp3) is 0.667. The van der Waals surface area contributed by atoms with E-state index < -0.39 is 0 Å². The second-order valence-electron chi connectivity index (χ2n) is 0.756. The predicted octanol–water partition coefficient (Wildman–Crippen LogP) is -3.77. The van der Waals surface area contributed by atoms with Gasteiger partial charge in [-0.1, -0.05) is 0 Å². The fourth-order valence-electron chi connectivity index (χ4n) is 0.116. The van der Waals surface area contributed by atoms with Gasteiger partial charge in [0.05, 0.1) is 0 Å². The first-order valence-corrected chi connectivity index (χ1v) is 1.67. The number of nitrogens with two attached hydrogens (primary N) is 1. The third-order valence-corrected chi connectivity index (χ3v) is 0.304. The molecule has 7 heavy (non-hydrogen) atoms. The van der Waals surface area contributed by atoms with Crippen LogP contribution in [0.4, 0.5) is 0 Å². The van der Waals surface area contributed by atoms with E-state index in [-0.39, 0.29) is 31.0 Å². The zero-order valence-electron chi connectivity index (χ0n) is 5.39. The number of carbonyl (C=O) groups excluding carboxylic acids is 1. The number of carbonyl (C=O) groups is 1. The van der Waals surface area contributed by atoms with Crippen LogP contribution < -0.4 is 35.3 Å². The summed E-state index contributed by atoms with van der Waals surface area (Å²) in [7, 11) is 0. The predicted molar refractivity (Wildman–Crippen MR) is 22.2 cm³/mol. The zero-order chi connectivity index (χ0) is 4.83. The Balaban J connectivity index is -0.000000125. The molecule has 0 amide bonds. The third kappa shape index (κ3) is 10.7. The number of ether oxygens (including phenoxy) is 1. The van der Waals surface area contributed by atoms with Crippen LogP contribution in [0.2, 0.25) is 0 Å². The van der Waals surface area contributed by atoms with Crippen LogP contribution in [-0.2, 0) is 9.53 Å². The van der Waals surface area contributed by atoms with Gasteiger partial charge in [-0.3, -0.25) is 4.79 Å². The van der Waals surface area contributed by atoms with Crippen molar-refractivity contribution in [3.63, 3.8) is 0 Å². The standard InChI is InChI=1S/C3H7NO2.Na.H/c4-1-2-6-3-5;;/h3H,1-2,4H2;;/q;+1;-1. The zero-order valence-corrected chi connectivity index (χ0v) is 6.39. The Hall–Kier alpha value is 0.430. The molecule has 0 aromatic heterocycles. The van der Waals surface area contributed by atoms with Crippen LogP contribution >= 0.6 is 0 Å². The van der Waals surface area contributed by atoms with Gasteiger partial charge >= 0.3 is 29.6 Å². The minimum Gasteiger partial charge on any atom is -1.00 e. The number of hydrogen-bond donors (Lipinski definition) is 1. The average molecular weight is 113 g/mol. The first-order chi connectivity index (χ1) is 2.91. The summed E-state index contributed by atoms with van der Waals surface area (Å²) >= 11 is 0. The summed E-state index contributed by atoms with van der Waals surface area (Å²) in [6, 6.07) is 0. The molecule has 0 aliphatic rings. The molecule has 2 N–H and O–H groups in total. The van der Waals surface area contributed by atoms with Gasteiger partial charge in [0.25, 0.3) is 6.47 Å².